The van der Waals surface area contributed by atoms with E-state index in [1.54, 1.807) is 13.0 Å². The summed E-state index contributed by atoms with van der Waals surface area (Å²) in [5, 5.41) is 17.4. The molecule has 1 heterocycles. The first-order valence-electron chi connectivity index (χ1n) is 3.89. The third-order valence-electron chi connectivity index (χ3n) is 1.77. The van der Waals surface area contributed by atoms with Crippen molar-refractivity contribution in [2.24, 2.45) is 0 Å². The van der Waals surface area contributed by atoms with Crippen molar-refractivity contribution in [3.05, 3.63) is 28.6 Å². The summed E-state index contributed by atoms with van der Waals surface area (Å²) < 4.78 is 25.0. The van der Waals surface area contributed by atoms with Gasteiger partial charge in [-0.2, -0.15) is 5.26 Å². The van der Waals surface area contributed by atoms with Gasteiger partial charge < -0.3 is 5.11 Å². The molecule has 5 heteroatoms. The fourth-order valence-electron chi connectivity index (χ4n) is 1.21. The minimum Gasteiger partial charge on any atom is -0.392 e. The number of aliphatic hydroxyl groups excluding tert-OH is 1. The normalized spacial score (nSPS) is 10.3. The van der Waals surface area contributed by atoms with Gasteiger partial charge in [-0.25, -0.2) is 13.8 Å². The minimum atomic E-state index is -2.79. The summed E-state index contributed by atoms with van der Waals surface area (Å²) in [6.45, 7) is 1.06. The molecule has 14 heavy (non-hydrogen) atoms. The molecular weight excluding hydrogens is 190 g/mol. The van der Waals surface area contributed by atoms with Crippen LogP contribution in [0.3, 0.4) is 0 Å². The van der Waals surface area contributed by atoms with Gasteiger partial charge in [0, 0.05) is 5.69 Å². The van der Waals surface area contributed by atoms with Crippen molar-refractivity contribution in [3.8, 4) is 6.07 Å². The average Bonchev–Trinajstić information content (AvgIpc) is 2.15. The van der Waals surface area contributed by atoms with E-state index in [-0.39, 0.29) is 11.3 Å². The van der Waals surface area contributed by atoms with Gasteiger partial charge in [-0.15, -0.1) is 0 Å². The van der Waals surface area contributed by atoms with E-state index in [0.29, 0.717) is 5.69 Å². The summed E-state index contributed by atoms with van der Waals surface area (Å²) in [5.41, 5.74) is -0.288. The van der Waals surface area contributed by atoms with Crippen molar-refractivity contribution in [1.29, 1.82) is 5.26 Å². The first-order valence-corrected chi connectivity index (χ1v) is 3.89. The van der Waals surface area contributed by atoms with Crippen molar-refractivity contribution < 1.29 is 13.9 Å². The van der Waals surface area contributed by atoms with Crippen molar-refractivity contribution in [2.45, 2.75) is 20.0 Å². The van der Waals surface area contributed by atoms with E-state index in [2.05, 4.69) is 4.98 Å². The number of hydrogen-bond acceptors (Lipinski definition) is 3. The molecule has 0 atom stereocenters. The Morgan fingerprint density at radius 3 is 2.71 bits per heavy atom. The van der Waals surface area contributed by atoms with Gasteiger partial charge in [0.25, 0.3) is 6.43 Å². The largest absolute Gasteiger partial charge is 0.392 e. The van der Waals surface area contributed by atoms with Crippen LogP contribution in [0.1, 0.15) is 28.9 Å². The first kappa shape index (κ1) is 10.5. The molecule has 0 radical (unpaired) electrons. The van der Waals surface area contributed by atoms with Crippen molar-refractivity contribution in [1.82, 2.24) is 4.98 Å². The number of aryl methyl sites for hydroxylation is 1. The Hall–Kier alpha value is -1.54. The van der Waals surface area contributed by atoms with E-state index in [1.807, 2.05) is 0 Å². The van der Waals surface area contributed by atoms with Gasteiger partial charge in [-0.05, 0) is 18.6 Å². The lowest BCUT2D eigenvalue weighted by atomic mass is 10.1. The summed E-state index contributed by atoms with van der Waals surface area (Å²) in [4.78, 5) is 3.67. The second-order valence-electron chi connectivity index (χ2n) is 2.76. The van der Waals surface area contributed by atoms with Gasteiger partial charge in [0.2, 0.25) is 0 Å². The maximum atomic E-state index is 12.5. The van der Waals surface area contributed by atoms with Crippen LogP contribution in [0, 0.1) is 18.3 Å². The molecule has 1 aromatic rings. The topological polar surface area (TPSA) is 56.9 Å². The van der Waals surface area contributed by atoms with E-state index in [0.717, 1.165) is 0 Å². The number of nitrogens with zero attached hydrogens (tertiary/aromatic N) is 2. The zero-order chi connectivity index (χ0) is 10.7. The molecule has 0 amide bonds. The zero-order valence-electron chi connectivity index (χ0n) is 7.46. The highest BCUT2D eigenvalue weighted by Crippen LogP contribution is 2.26. The van der Waals surface area contributed by atoms with Gasteiger partial charge in [-0.1, -0.05) is 0 Å². The van der Waals surface area contributed by atoms with Gasteiger partial charge >= 0.3 is 0 Å². The van der Waals surface area contributed by atoms with Gasteiger partial charge in [0.05, 0.1) is 12.2 Å². The van der Waals surface area contributed by atoms with Gasteiger partial charge in [-0.3, -0.25) is 0 Å². The molecular formula is C9H8F2N2O. The summed E-state index contributed by atoms with van der Waals surface area (Å²) in [6, 6.07) is 2.94. The first-order chi connectivity index (χ1) is 6.60. The Morgan fingerprint density at radius 1 is 1.64 bits per heavy atom. The van der Waals surface area contributed by atoms with Crippen LogP contribution >= 0.6 is 0 Å². The molecule has 74 valence electrons. The average molecular weight is 198 g/mol. The number of nitriles is 1. The predicted octanol–water partition coefficient (Wildman–Crippen LogP) is 1.69. The molecule has 1 rings (SSSR count). The number of pyridine rings is 1. The van der Waals surface area contributed by atoms with E-state index >= 15 is 0 Å². The number of alkyl halides is 2. The van der Waals surface area contributed by atoms with Crippen LogP contribution in [0.15, 0.2) is 6.07 Å². The lowest BCUT2D eigenvalue weighted by Crippen LogP contribution is -2.03. The molecule has 0 saturated carbocycles. The molecule has 0 aliphatic rings. The van der Waals surface area contributed by atoms with Crippen LogP contribution in [-0.2, 0) is 6.61 Å². The fraction of sp³-hybridized carbons (Fsp3) is 0.333. The highest BCUT2D eigenvalue weighted by molar-refractivity contribution is 5.39. The predicted molar refractivity (Wildman–Crippen MR) is 44.6 cm³/mol. The maximum Gasteiger partial charge on any atom is 0.267 e. The quantitative estimate of drug-likeness (QED) is 0.786. The monoisotopic (exact) mass is 198 g/mol. The second kappa shape index (κ2) is 4.11. The summed E-state index contributed by atoms with van der Waals surface area (Å²) in [5.74, 6) is 0. The SMILES string of the molecule is Cc1cc(CO)c(C(F)F)c(C#N)n1. The molecule has 0 aliphatic carbocycles. The van der Waals surface area contributed by atoms with E-state index < -0.39 is 18.6 Å². The number of hydrogen-bond donors (Lipinski definition) is 1. The summed E-state index contributed by atoms with van der Waals surface area (Å²) >= 11 is 0. The lowest BCUT2D eigenvalue weighted by Gasteiger charge is -2.08. The van der Waals surface area contributed by atoms with Crippen LogP contribution in [0.5, 0.6) is 0 Å². The lowest BCUT2D eigenvalue weighted by molar-refractivity contribution is 0.146. The van der Waals surface area contributed by atoms with Crippen LogP contribution < -0.4 is 0 Å². The van der Waals surface area contributed by atoms with Gasteiger partial charge in [0.1, 0.15) is 11.8 Å². The van der Waals surface area contributed by atoms with Crippen molar-refractivity contribution >= 4 is 0 Å². The number of aliphatic hydroxyl groups is 1. The van der Waals surface area contributed by atoms with Gasteiger partial charge in [0.15, 0.2) is 0 Å². The second-order valence-corrected chi connectivity index (χ2v) is 2.76. The summed E-state index contributed by atoms with van der Waals surface area (Å²) in [6.07, 6.45) is -2.79. The Morgan fingerprint density at radius 2 is 2.29 bits per heavy atom. The maximum absolute atomic E-state index is 12.5. The molecule has 0 unspecified atom stereocenters. The van der Waals surface area contributed by atoms with Crippen LogP contribution in [0.2, 0.25) is 0 Å². The van der Waals surface area contributed by atoms with Crippen LogP contribution in [-0.4, -0.2) is 10.1 Å². The number of halogens is 2. The Kier molecular flexibility index (Phi) is 3.10. The van der Waals surface area contributed by atoms with Crippen molar-refractivity contribution in [2.75, 3.05) is 0 Å². The number of aromatic nitrogens is 1. The number of rotatable bonds is 2. The fourth-order valence-corrected chi connectivity index (χ4v) is 1.21. The van der Waals surface area contributed by atoms with E-state index in [4.69, 9.17) is 10.4 Å². The molecule has 0 fully saturated rings. The highest BCUT2D eigenvalue weighted by Gasteiger charge is 2.19. The molecule has 0 bridgehead atoms. The Labute approximate surface area is 79.6 Å². The molecule has 0 saturated heterocycles. The summed E-state index contributed by atoms with van der Waals surface area (Å²) in [7, 11) is 0. The van der Waals surface area contributed by atoms with Crippen LogP contribution in [0.25, 0.3) is 0 Å². The third-order valence-corrected chi connectivity index (χ3v) is 1.77. The van der Waals surface area contributed by atoms with E-state index in [1.165, 1.54) is 6.07 Å². The van der Waals surface area contributed by atoms with Crippen LogP contribution in [0.4, 0.5) is 8.78 Å². The van der Waals surface area contributed by atoms with Crippen molar-refractivity contribution in [3.63, 3.8) is 0 Å². The minimum absolute atomic E-state index is 0.0593. The van der Waals surface area contributed by atoms with E-state index in [9.17, 15) is 8.78 Å². The highest BCUT2D eigenvalue weighted by atomic mass is 19.3. The molecule has 0 aromatic carbocycles. The zero-order valence-corrected chi connectivity index (χ0v) is 7.46. The molecule has 0 aliphatic heterocycles. The Balaban J connectivity index is 3.42. The molecule has 1 aromatic heterocycles. The molecule has 0 spiro atoms. The standard InChI is InChI=1S/C9H8F2N2O/c1-5-2-6(4-14)8(9(10)11)7(3-12)13-5/h2,9,14H,4H2,1H3. The molecule has 3 nitrogen and oxygen atoms in total. The smallest absolute Gasteiger partial charge is 0.267 e. The Bertz CT molecular complexity index is 385. The third kappa shape index (κ3) is 1.86. The molecule has 1 N–H and O–H groups in total.